The normalized spacial score (nSPS) is 18.9. The van der Waals surface area contributed by atoms with Crippen LogP contribution in [0.25, 0.3) is 0 Å². The summed E-state index contributed by atoms with van der Waals surface area (Å²) < 4.78 is 26.0. The Morgan fingerprint density at radius 2 is 2.13 bits per heavy atom. The molecule has 0 saturated carbocycles. The molecule has 0 aliphatic carbocycles. The van der Waals surface area contributed by atoms with E-state index in [0.29, 0.717) is 10.7 Å². The van der Waals surface area contributed by atoms with Gasteiger partial charge in [0.15, 0.2) is 0 Å². The number of alkyl halides is 2. The number of carbonyl (C=O) groups excluding carboxylic acids is 2. The maximum absolute atomic E-state index is 13.0. The maximum Gasteiger partial charge on any atom is 0.262 e. The minimum atomic E-state index is -2.89. The Morgan fingerprint density at radius 3 is 2.70 bits per heavy atom. The molecule has 2 rings (SSSR count). The monoisotopic (exact) mass is 367 g/mol. The zero-order valence-corrected chi connectivity index (χ0v) is 13.9. The van der Waals surface area contributed by atoms with Gasteiger partial charge in [-0.1, -0.05) is 17.7 Å². The van der Waals surface area contributed by atoms with Crippen molar-refractivity contribution >= 4 is 41.5 Å². The standard InChI is InChI=1S/C14H16ClF2N3O2.ClH/c1-8-2-3-10(9(15)4-8)20-12(21)6-18-13(22)11-5-14(16,17)7-19-11;/h2-4,11,19H,5-7H2,1H3,(H,18,22)(H,20,21);1H. The van der Waals surface area contributed by atoms with E-state index in [4.69, 9.17) is 11.6 Å². The summed E-state index contributed by atoms with van der Waals surface area (Å²) in [6.45, 7) is 1.02. The highest BCUT2D eigenvalue weighted by atomic mass is 35.5. The predicted molar refractivity (Wildman–Crippen MR) is 86.4 cm³/mol. The summed E-state index contributed by atoms with van der Waals surface area (Å²) in [6.07, 6.45) is -0.565. The van der Waals surface area contributed by atoms with Crippen molar-refractivity contribution in [1.82, 2.24) is 10.6 Å². The van der Waals surface area contributed by atoms with Gasteiger partial charge < -0.3 is 10.6 Å². The quantitative estimate of drug-likeness (QED) is 0.763. The van der Waals surface area contributed by atoms with Crippen molar-refractivity contribution in [2.24, 2.45) is 0 Å². The predicted octanol–water partition coefficient (Wildman–Crippen LogP) is 2.12. The molecule has 3 N–H and O–H groups in total. The molecular formula is C14H17Cl2F2N3O2. The van der Waals surface area contributed by atoms with E-state index in [9.17, 15) is 18.4 Å². The summed E-state index contributed by atoms with van der Waals surface area (Å²) in [5.74, 6) is -3.99. The van der Waals surface area contributed by atoms with E-state index >= 15 is 0 Å². The molecule has 0 radical (unpaired) electrons. The van der Waals surface area contributed by atoms with E-state index in [-0.39, 0.29) is 19.0 Å². The molecule has 1 aliphatic rings. The van der Waals surface area contributed by atoms with Crippen LogP contribution in [0.1, 0.15) is 12.0 Å². The first-order valence-corrected chi connectivity index (χ1v) is 7.09. The van der Waals surface area contributed by atoms with Gasteiger partial charge in [-0.05, 0) is 24.6 Å². The number of aryl methyl sites for hydroxylation is 1. The lowest BCUT2D eigenvalue weighted by atomic mass is 10.2. The molecule has 1 unspecified atom stereocenters. The molecule has 2 amide bonds. The number of rotatable bonds is 4. The topological polar surface area (TPSA) is 70.2 Å². The molecule has 1 atom stereocenters. The molecule has 1 saturated heterocycles. The first-order chi connectivity index (χ1) is 10.3. The summed E-state index contributed by atoms with van der Waals surface area (Å²) in [5, 5.41) is 7.68. The Labute approximate surface area is 143 Å². The number of halogens is 4. The van der Waals surface area contributed by atoms with Crippen molar-refractivity contribution in [2.75, 3.05) is 18.4 Å². The third-order valence-corrected chi connectivity index (χ3v) is 3.56. The van der Waals surface area contributed by atoms with Crippen LogP contribution in [0.2, 0.25) is 5.02 Å². The fourth-order valence-corrected chi connectivity index (χ4v) is 2.39. The van der Waals surface area contributed by atoms with Gasteiger partial charge in [0.25, 0.3) is 5.92 Å². The van der Waals surface area contributed by atoms with Gasteiger partial charge in [0, 0.05) is 6.42 Å². The van der Waals surface area contributed by atoms with Crippen LogP contribution in [-0.4, -0.2) is 36.9 Å². The lowest BCUT2D eigenvalue weighted by Gasteiger charge is -2.12. The lowest BCUT2D eigenvalue weighted by Crippen LogP contribution is -2.43. The van der Waals surface area contributed by atoms with Gasteiger partial charge >= 0.3 is 0 Å². The minimum Gasteiger partial charge on any atom is -0.346 e. The smallest absolute Gasteiger partial charge is 0.262 e. The third kappa shape index (κ3) is 5.60. The first kappa shape index (κ1) is 19.6. The van der Waals surface area contributed by atoms with Crippen molar-refractivity contribution < 1.29 is 18.4 Å². The number of amides is 2. The molecule has 1 aromatic carbocycles. The highest BCUT2D eigenvalue weighted by molar-refractivity contribution is 6.33. The van der Waals surface area contributed by atoms with Gasteiger partial charge in [0.05, 0.1) is 29.8 Å². The second-order valence-electron chi connectivity index (χ2n) is 5.24. The average Bonchev–Trinajstić information content (AvgIpc) is 2.80. The van der Waals surface area contributed by atoms with Gasteiger partial charge in [0.1, 0.15) is 0 Å². The van der Waals surface area contributed by atoms with Crippen LogP contribution in [-0.2, 0) is 9.59 Å². The maximum atomic E-state index is 13.0. The molecule has 1 heterocycles. The molecular weight excluding hydrogens is 351 g/mol. The molecule has 9 heteroatoms. The van der Waals surface area contributed by atoms with Crippen LogP contribution < -0.4 is 16.0 Å². The second-order valence-corrected chi connectivity index (χ2v) is 5.65. The van der Waals surface area contributed by atoms with Crippen molar-refractivity contribution in [3.63, 3.8) is 0 Å². The fraction of sp³-hybridized carbons (Fsp3) is 0.429. The minimum absolute atomic E-state index is 0. The highest BCUT2D eigenvalue weighted by Gasteiger charge is 2.42. The summed E-state index contributed by atoms with van der Waals surface area (Å²) >= 11 is 5.98. The Balaban J connectivity index is 0.00000264. The highest BCUT2D eigenvalue weighted by Crippen LogP contribution is 2.25. The number of anilines is 1. The van der Waals surface area contributed by atoms with Gasteiger partial charge in [-0.15, -0.1) is 12.4 Å². The SMILES string of the molecule is Cc1ccc(NC(=O)CNC(=O)C2CC(F)(F)CN2)c(Cl)c1.Cl. The largest absolute Gasteiger partial charge is 0.346 e. The molecule has 128 valence electrons. The molecule has 0 aromatic heterocycles. The zero-order chi connectivity index (χ0) is 16.3. The Kier molecular flexibility index (Phi) is 6.73. The van der Waals surface area contributed by atoms with E-state index in [0.717, 1.165) is 5.56 Å². The summed E-state index contributed by atoms with van der Waals surface area (Å²) in [6, 6.07) is 4.15. The first-order valence-electron chi connectivity index (χ1n) is 6.72. The van der Waals surface area contributed by atoms with E-state index in [1.54, 1.807) is 18.2 Å². The van der Waals surface area contributed by atoms with Crippen molar-refractivity contribution in [2.45, 2.75) is 25.3 Å². The molecule has 0 spiro atoms. The average molecular weight is 368 g/mol. The molecule has 23 heavy (non-hydrogen) atoms. The summed E-state index contributed by atoms with van der Waals surface area (Å²) in [7, 11) is 0. The van der Waals surface area contributed by atoms with E-state index in [2.05, 4.69) is 16.0 Å². The van der Waals surface area contributed by atoms with E-state index in [1.165, 1.54) is 0 Å². The van der Waals surface area contributed by atoms with Crippen molar-refractivity contribution in [3.05, 3.63) is 28.8 Å². The Morgan fingerprint density at radius 1 is 1.43 bits per heavy atom. The van der Waals surface area contributed by atoms with Gasteiger partial charge in [-0.25, -0.2) is 8.78 Å². The fourth-order valence-electron chi connectivity index (χ4n) is 2.11. The number of hydrogen-bond acceptors (Lipinski definition) is 3. The lowest BCUT2D eigenvalue weighted by molar-refractivity contribution is -0.125. The number of nitrogens with one attached hydrogen (secondary N) is 3. The summed E-state index contributed by atoms with van der Waals surface area (Å²) in [5.41, 5.74) is 1.38. The van der Waals surface area contributed by atoms with Gasteiger partial charge in [-0.3, -0.25) is 14.9 Å². The van der Waals surface area contributed by atoms with Crippen LogP contribution >= 0.6 is 24.0 Å². The van der Waals surface area contributed by atoms with Crippen LogP contribution in [0.5, 0.6) is 0 Å². The Bertz CT molecular complexity index is 599. The van der Waals surface area contributed by atoms with Crippen LogP contribution in [0.15, 0.2) is 18.2 Å². The molecule has 0 bridgehead atoms. The van der Waals surface area contributed by atoms with Crippen LogP contribution in [0.3, 0.4) is 0 Å². The van der Waals surface area contributed by atoms with E-state index < -0.39 is 36.7 Å². The number of carbonyl (C=O) groups is 2. The van der Waals surface area contributed by atoms with Crippen molar-refractivity contribution in [1.29, 1.82) is 0 Å². The third-order valence-electron chi connectivity index (χ3n) is 3.25. The Hall–Kier alpha value is -1.44. The van der Waals surface area contributed by atoms with E-state index in [1.807, 2.05) is 6.92 Å². The van der Waals surface area contributed by atoms with Crippen LogP contribution in [0.4, 0.5) is 14.5 Å². The molecule has 5 nitrogen and oxygen atoms in total. The number of benzene rings is 1. The summed E-state index contributed by atoms with van der Waals surface area (Å²) in [4.78, 5) is 23.4. The number of hydrogen-bond donors (Lipinski definition) is 3. The van der Waals surface area contributed by atoms with Crippen LogP contribution in [0, 0.1) is 6.92 Å². The van der Waals surface area contributed by atoms with Crippen molar-refractivity contribution in [3.8, 4) is 0 Å². The van der Waals surface area contributed by atoms with Gasteiger partial charge in [0.2, 0.25) is 11.8 Å². The second kappa shape index (κ2) is 7.90. The van der Waals surface area contributed by atoms with Gasteiger partial charge in [-0.2, -0.15) is 0 Å². The molecule has 1 fully saturated rings. The molecule has 1 aromatic rings. The molecule has 1 aliphatic heterocycles. The zero-order valence-electron chi connectivity index (χ0n) is 12.3.